The number of amides is 1. The fourth-order valence-electron chi connectivity index (χ4n) is 2.57. The number of nitrogens with zero attached hydrogens (tertiary/aromatic N) is 3. The van der Waals surface area contributed by atoms with Crippen molar-refractivity contribution in [3.8, 4) is 11.5 Å². The summed E-state index contributed by atoms with van der Waals surface area (Å²) in [6.45, 7) is 4.43. The number of hydrogen-bond acceptors (Lipinski definition) is 6. The summed E-state index contributed by atoms with van der Waals surface area (Å²) in [7, 11) is 1.60. The van der Waals surface area contributed by atoms with Gasteiger partial charge < -0.3 is 14.8 Å². The number of nitrogens with one attached hydrogen (secondary N) is 1. The van der Waals surface area contributed by atoms with Gasteiger partial charge in [0.25, 0.3) is 0 Å². The Morgan fingerprint density at radius 3 is 2.68 bits per heavy atom. The molecule has 0 atom stereocenters. The van der Waals surface area contributed by atoms with Crippen LogP contribution < -0.4 is 14.8 Å². The molecule has 0 saturated heterocycles. The number of benzene rings is 2. The second kappa shape index (κ2) is 10.8. The van der Waals surface area contributed by atoms with Gasteiger partial charge in [-0.1, -0.05) is 29.4 Å². The molecule has 10 heteroatoms. The van der Waals surface area contributed by atoms with E-state index in [9.17, 15) is 9.18 Å². The van der Waals surface area contributed by atoms with E-state index >= 15 is 0 Å². The van der Waals surface area contributed by atoms with Gasteiger partial charge in [-0.15, -0.1) is 16.8 Å². The van der Waals surface area contributed by atoms with Crippen LogP contribution in [0.4, 0.5) is 10.1 Å². The van der Waals surface area contributed by atoms with Gasteiger partial charge in [0.2, 0.25) is 5.91 Å². The number of thioether (sulfide) groups is 1. The minimum absolute atomic E-state index is 0.0577. The van der Waals surface area contributed by atoms with E-state index in [2.05, 4.69) is 22.1 Å². The minimum atomic E-state index is -0.545. The Balaban J connectivity index is 1.60. The molecular weight excluding hydrogens is 443 g/mol. The number of ether oxygens (including phenoxy) is 2. The highest BCUT2D eigenvalue weighted by molar-refractivity contribution is 7.99. The number of allylic oxidation sites excluding steroid dienone is 1. The van der Waals surface area contributed by atoms with Crippen LogP contribution in [0.2, 0.25) is 5.02 Å². The SMILES string of the molecule is C=CCn1c(COc2ccc(OC)cc2)nnc1SCC(=O)Nc1ccc(F)c(Cl)c1. The van der Waals surface area contributed by atoms with Crippen molar-refractivity contribution in [2.45, 2.75) is 18.3 Å². The van der Waals surface area contributed by atoms with Crippen LogP contribution in [0.5, 0.6) is 11.5 Å². The summed E-state index contributed by atoms with van der Waals surface area (Å²) in [5, 5.41) is 11.5. The molecule has 162 valence electrons. The van der Waals surface area contributed by atoms with Crippen molar-refractivity contribution >= 4 is 35.0 Å². The lowest BCUT2D eigenvalue weighted by atomic mass is 10.3. The summed E-state index contributed by atoms with van der Waals surface area (Å²) in [5.41, 5.74) is 0.415. The minimum Gasteiger partial charge on any atom is -0.497 e. The van der Waals surface area contributed by atoms with Crippen LogP contribution >= 0.6 is 23.4 Å². The molecule has 1 heterocycles. The van der Waals surface area contributed by atoms with Gasteiger partial charge in [-0.05, 0) is 42.5 Å². The Morgan fingerprint density at radius 2 is 2.00 bits per heavy atom. The highest BCUT2D eigenvalue weighted by Crippen LogP contribution is 2.22. The van der Waals surface area contributed by atoms with Crippen LogP contribution in [-0.2, 0) is 17.9 Å². The first-order valence-corrected chi connectivity index (χ1v) is 10.5. The van der Waals surface area contributed by atoms with Gasteiger partial charge in [0.1, 0.15) is 23.9 Å². The molecule has 0 spiro atoms. The summed E-state index contributed by atoms with van der Waals surface area (Å²) in [5.74, 6) is 1.27. The van der Waals surface area contributed by atoms with Crippen molar-refractivity contribution in [1.82, 2.24) is 14.8 Å². The summed E-state index contributed by atoms with van der Waals surface area (Å²) >= 11 is 6.96. The number of hydrogen-bond donors (Lipinski definition) is 1. The first kappa shape index (κ1) is 22.6. The van der Waals surface area contributed by atoms with Gasteiger partial charge >= 0.3 is 0 Å². The molecule has 7 nitrogen and oxygen atoms in total. The predicted octanol–water partition coefficient (Wildman–Crippen LogP) is 4.58. The quantitative estimate of drug-likeness (QED) is 0.351. The molecule has 0 aliphatic heterocycles. The molecule has 2 aromatic carbocycles. The van der Waals surface area contributed by atoms with E-state index in [1.165, 1.54) is 30.0 Å². The average molecular weight is 463 g/mol. The third-order valence-electron chi connectivity index (χ3n) is 4.07. The molecule has 1 aromatic heterocycles. The number of aromatic nitrogens is 3. The molecule has 0 aliphatic carbocycles. The van der Waals surface area contributed by atoms with Crippen molar-refractivity contribution < 1.29 is 18.7 Å². The molecule has 1 N–H and O–H groups in total. The number of rotatable bonds is 10. The van der Waals surface area contributed by atoms with Crippen molar-refractivity contribution in [2.24, 2.45) is 0 Å². The maximum absolute atomic E-state index is 13.2. The second-order valence-corrected chi connectivity index (χ2v) is 7.58. The number of methoxy groups -OCH3 is 1. The highest BCUT2D eigenvalue weighted by atomic mass is 35.5. The second-order valence-electron chi connectivity index (χ2n) is 6.23. The lowest BCUT2D eigenvalue weighted by Gasteiger charge is -2.10. The molecule has 0 bridgehead atoms. The van der Waals surface area contributed by atoms with E-state index in [0.717, 1.165) is 5.75 Å². The fourth-order valence-corrected chi connectivity index (χ4v) is 3.51. The number of anilines is 1. The van der Waals surface area contributed by atoms with Gasteiger partial charge in [0.15, 0.2) is 11.0 Å². The molecule has 0 radical (unpaired) electrons. The molecule has 3 aromatic rings. The first-order valence-electron chi connectivity index (χ1n) is 9.17. The van der Waals surface area contributed by atoms with Crippen LogP contribution in [0.3, 0.4) is 0 Å². The maximum atomic E-state index is 13.2. The third-order valence-corrected chi connectivity index (χ3v) is 5.32. The Morgan fingerprint density at radius 1 is 1.26 bits per heavy atom. The Bertz CT molecular complexity index is 1060. The summed E-state index contributed by atoms with van der Waals surface area (Å²) < 4.78 is 26.0. The lowest BCUT2D eigenvalue weighted by molar-refractivity contribution is -0.113. The lowest BCUT2D eigenvalue weighted by Crippen LogP contribution is -2.15. The molecule has 1 amide bonds. The predicted molar refractivity (Wildman–Crippen MR) is 118 cm³/mol. The summed E-state index contributed by atoms with van der Waals surface area (Å²) in [6, 6.07) is 11.2. The van der Waals surface area contributed by atoms with Gasteiger partial charge in [-0.25, -0.2) is 4.39 Å². The average Bonchev–Trinajstić information content (AvgIpc) is 3.15. The Kier molecular flexibility index (Phi) is 7.91. The molecule has 0 aliphatic rings. The van der Waals surface area contributed by atoms with Gasteiger partial charge in [0.05, 0.1) is 17.9 Å². The van der Waals surface area contributed by atoms with E-state index < -0.39 is 5.82 Å². The van der Waals surface area contributed by atoms with Crippen LogP contribution in [0.1, 0.15) is 5.82 Å². The molecule has 0 saturated carbocycles. The standard InChI is InChI=1S/C21H20ClFN4O3S/c1-3-10-27-19(12-30-16-7-5-15(29-2)6-8-16)25-26-21(27)31-13-20(28)24-14-4-9-18(23)17(22)11-14/h3-9,11H,1,10,12-13H2,2H3,(H,24,28). The van der Waals surface area contributed by atoms with Crippen LogP contribution in [-0.4, -0.2) is 33.5 Å². The summed E-state index contributed by atoms with van der Waals surface area (Å²) in [6.07, 6.45) is 1.71. The zero-order valence-corrected chi connectivity index (χ0v) is 18.3. The molecule has 0 unspecified atom stereocenters. The fraction of sp³-hybridized carbons (Fsp3) is 0.190. The third kappa shape index (κ3) is 6.22. The van der Waals surface area contributed by atoms with Crippen molar-refractivity contribution in [1.29, 1.82) is 0 Å². The van der Waals surface area contributed by atoms with Gasteiger partial charge in [-0.2, -0.15) is 0 Å². The van der Waals surface area contributed by atoms with E-state index in [0.29, 0.717) is 29.0 Å². The number of halogens is 2. The monoisotopic (exact) mass is 462 g/mol. The summed E-state index contributed by atoms with van der Waals surface area (Å²) in [4.78, 5) is 12.2. The maximum Gasteiger partial charge on any atom is 0.234 e. The van der Waals surface area contributed by atoms with Crippen molar-refractivity contribution in [3.63, 3.8) is 0 Å². The number of carbonyl (C=O) groups excluding carboxylic acids is 1. The molecule has 0 fully saturated rings. The topological polar surface area (TPSA) is 78.3 Å². The molecule has 3 rings (SSSR count). The van der Waals surface area contributed by atoms with Crippen molar-refractivity contribution in [2.75, 3.05) is 18.2 Å². The van der Waals surface area contributed by atoms with E-state index in [-0.39, 0.29) is 23.3 Å². The Hall–Kier alpha value is -3.04. The number of carbonyl (C=O) groups is 1. The van der Waals surface area contributed by atoms with Crippen LogP contribution in [0, 0.1) is 5.82 Å². The van der Waals surface area contributed by atoms with E-state index in [1.54, 1.807) is 37.5 Å². The smallest absolute Gasteiger partial charge is 0.234 e. The molecular formula is C21H20ClFN4O3S. The highest BCUT2D eigenvalue weighted by Gasteiger charge is 2.14. The van der Waals surface area contributed by atoms with Crippen LogP contribution in [0.25, 0.3) is 0 Å². The molecule has 31 heavy (non-hydrogen) atoms. The van der Waals surface area contributed by atoms with Gasteiger partial charge in [-0.3, -0.25) is 9.36 Å². The van der Waals surface area contributed by atoms with Gasteiger partial charge in [0, 0.05) is 12.2 Å². The zero-order chi connectivity index (χ0) is 22.2. The first-order chi connectivity index (χ1) is 15.0. The van der Waals surface area contributed by atoms with E-state index in [4.69, 9.17) is 21.1 Å². The van der Waals surface area contributed by atoms with E-state index in [1.807, 2.05) is 4.57 Å². The Labute approximate surface area is 188 Å². The van der Waals surface area contributed by atoms with Crippen molar-refractivity contribution in [3.05, 3.63) is 71.8 Å². The van der Waals surface area contributed by atoms with Crippen LogP contribution in [0.15, 0.2) is 60.3 Å². The normalized spacial score (nSPS) is 10.5. The zero-order valence-electron chi connectivity index (χ0n) is 16.7. The largest absolute Gasteiger partial charge is 0.497 e.